The van der Waals surface area contributed by atoms with Crippen molar-refractivity contribution < 1.29 is 14.7 Å². The van der Waals surface area contributed by atoms with Crippen LogP contribution in [0.5, 0.6) is 0 Å². The van der Waals surface area contributed by atoms with E-state index in [0.29, 0.717) is 24.8 Å². The second-order valence-electron chi connectivity index (χ2n) is 6.19. The van der Waals surface area contributed by atoms with E-state index in [0.717, 1.165) is 12.8 Å². The van der Waals surface area contributed by atoms with E-state index in [9.17, 15) is 9.59 Å². The molecule has 0 spiro atoms. The third-order valence-electron chi connectivity index (χ3n) is 3.52. The molecule has 0 saturated heterocycles. The number of carboxylic acid groups (broad SMARTS) is 1. The smallest absolute Gasteiger partial charge is 0.303 e. The molecule has 0 rings (SSSR count). The molecule has 20 heavy (non-hydrogen) atoms. The zero-order chi connectivity index (χ0) is 15.7. The van der Waals surface area contributed by atoms with Gasteiger partial charge in [0, 0.05) is 13.0 Å². The number of carbonyl (C=O) groups is 2. The Balaban J connectivity index is 4.29. The van der Waals surface area contributed by atoms with Gasteiger partial charge in [0.2, 0.25) is 5.91 Å². The van der Waals surface area contributed by atoms with Gasteiger partial charge in [0.05, 0.1) is 6.04 Å². The average Bonchev–Trinajstić information content (AvgIpc) is 2.33. The van der Waals surface area contributed by atoms with E-state index in [-0.39, 0.29) is 18.2 Å². The predicted molar refractivity (Wildman–Crippen MR) is 80.3 cm³/mol. The minimum atomic E-state index is -0.820. The van der Waals surface area contributed by atoms with Crippen LogP contribution < -0.4 is 11.1 Å². The Kier molecular flexibility index (Phi) is 9.21. The highest BCUT2D eigenvalue weighted by Crippen LogP contribution is 2.17. The monoisotopic (exact) mass is 286 g/mol. The molecule has 5 heteroatoms. The number of nitrogens with one attached hydrogen (secondary N) is 1. The Labute approximate surface area is 122 Å². The summed E-state index contributed by atoms with van der Waals surface area (Å²) in [6, 6.07) is -0.510. The second kappa shape index (κ2) is 9.75. The van der Waals surface area contributed by atoms with Gasteiger partial charge in [0.1, 0.15) is 0 Å². The number of carbonyl (C=O) groups excluding carboxylic acids is 1. The molecule has 0 aliphatic carbocycles. The summed E-state index contributed by atoms with van der Waals surface area (Å²) >= 11 is 0. The van der Waals surface area contributed by atoms with Gasteiger partial charge in [0.25, 0.3) is 0 Å². The number of hydrogen-bond donors (Lipinski definition) is 3. The van der Waals surface area contributed by atoms with Gasteiger partial charge in [-0.2, -0.15) is 0 Å². The highest BCUT2D eigenvalue weighted by Gasteiger charge is 2.19. The van der Waals surface area contributed by atoms with Gasteiger partial charge in [-0.15, -0.1) is 0 Å². The number of hydrogen-bond acceptors (Lipinski definition) is 3. The molecule has 118 valence electrons. The van der Waals surface area contributed by atoms with Crippen molar-refractivity contribution in [3.8, 4) is 0 Å². The minimum absolute atomic E-state index is 0.0300. The van der Waals surface area contributed by atoms with Gasteiger partial charge < -0.3 is 16.2 Å². The molecule has 0 radical (unpaired) electrons. The number of nitrogens with two attached hydrogens (primary N) is 1. The molecule has 4 N–H and O–H groups in total. The van der Waals surface area contributed by atoms with Crippen molar-refractivity contribution in [1.82, 2.24) is 5.32 Å². The van der Waals surface area contributed by atoms with Crippen LogP contribution in [0.3, 0.4) is 0 Å². The summed E-state index contributed by atoms with van der Waals surface area (Å²) in [7, 11) is 0. The average molecular weight is 286 g/mol. The molecule has 2 unspecified atom stereocenters. The zero-order valence-electron chi connectivity index (χ0n) is 13.2. The molecule has 0 saturated carbocycles. The number of amides is 1. The van der Waals surface area contributed by atoms with Gasteiger partial charge >= 0.3 is 5.97 Å². The molecular formula is C15H30N2O3. The number of aliphatic carboxylic acids is 1. The lowest BCUT2D eigenvalue weighted by Crippen LogP contribution is -2.43. The Hall–Kier alpha value is -1.10. The molecule has 0 aromatic heterocycles. The highest BCUT2D eigenvalue weighted by molar-refractivity contribution is 5.81. The maximum Gasteiger partial charge on any atom is 0.303 e. The summed E-state index contributed by atoms with van der Waals surface area (Å²) in [5, 5.41) is 11.7. The molecule has 3 atom stereocenters. The molecule has 0 bridgehead atoms. The van der Waals surface area contributed by atoms with E-state index in [1.165, 1.54) is 0 Å². The summed E-state index contributed by atoms with van der Waals surface area (Å²) in [4.78, 5) is 22.7. The van der Waals surface area contributed by atoms with Crippen LogP contribution in [0.2, 0.25) is 0 Å². The maximum absolute atomic E-state index is 11.8. The van der Waals surface area contributed by atoms with E-state index in [4.69, 9.17) is 10.8 Å². The lowest BCUT2D eigenvalue weighted by molar-refractivity contribution is -0.138. The first-order chi connectivity index (χ1) is 9.26. The van der Waals surface area contributed by atoms with Gasteiger partial charge in [-0.25, -0.2) is 0 Å². The first kappa shape index (κ1) is 18.9. The number of rotatable bonds is 10. The Morgan fingerprint density at radius 1 is 1.20 bits per heavy atom. The fourth-order valence-electron chi connectivity index (χ4n) is 2.21. The lowest BCUT2D eigenvalue weighted by atomic mass is 9.91. The van der Waals surface area contributed by atoms with Crippen molar-refractivity contribution >= 4 is 11.9 Å². The zero-order valence-corrected chi connectivity index (χ0v) is 13.2. The molecular weight excluding hydrogens is 256 g/mol. The number of carboxylic acids is 1. The Morgan fingerprint density at radius 2 is 1.80 bits per heavy atom. The van der Waals surface area contributed by atoms with Gasteiger partial charge in [0.15, 0.2) is 0 Å². The molecule has 0 aliphatic rings. The van der Waals surface area contributed by atoms with E-state index in [1.54, 1.807) is 0 Å². The summed E-state index contributed by atoms with van der Waals surface area (Å²) in [6.07, 6.45) is 2.55. The van der Waals surface area contributed by atoms with Crippen molar-refractivity contribution in [2.45, 2.75) is 59.4 Å². The van der Waals surface area contributed by atoms with Crippen molar-refractivity contribution in [3.63, 3.8) is 0 Å². The van der Waals surface area contributed by atoms with Crippen LogP contribution in [0.4, 0.5) is 0 Å². The maximum atomic E-state index is 11.8. The lowest BCUT2D eigenvalue weighted by Gasteiger charge is -2.21. The van der Waals surface area contributed by atoms with Crippen molar-refractivity contribution in [2.24, 2.45) is 23.5 Å². The Bertz CT molecular complexity index is 305. The van der Waals surface area contributed by atoms with Gasteiger partial charge in [-0.3, -0.25) is 9.59 Å². The van der Waals surface area contributed by atoms with Crippen LogP contribution in [0.1, 0.15) is 53.4 Å². The van der Waals surface area contributed by atoms with E-state index < -0.39 is 12.0 Å². The fourth-order valence-corrected chi connectivity index (χ4v) is 2.21. The SMILES string of the molecule is CCC(C)CC(CNC(=O)[C@@H](N)CC(C)C)CC(=O)O. The molecule has 0 aromatic carbocycles. The standard InChI is InChI=1S/C15H30N2O3/c1-5-11(4)7-12(8-14(18)19)9-17-15(20)13(16)6-10(2)3/h10-13H,5-9,16H2,1-4H3,(H,17,20)(H,18,19)/t11?,12?,13-/m0/s1. The fraction of sp³-hybridized carbons (Fsp3) is 0.867. The molecule has 0 fully saturated rings. The largest absolute Gasteiger partial charge is 0.481 e. The first-order valence-corrected chi connectivity index (χ1v) is 7.51. The van der Waals surface area contributed by atoms with Crippen LogP contribution in [0.15, 0.2) is 0 Å². The van der Waals surface area contributed by atoms with Crippen molar-refractivity contribution in [2.75, 3.05) is 6.54 Å². The van der Waals surface area contributed by atoms with Gasteiger partial charge in [-0.05, 0) is 30.6 Å². The summed E-state index contributed by atoms with van der Waals surface area (Å²) in [6.45, 7) is 8.61. The van der Waals surface area contributed by atoms with Crippen LogP contribution in [0.25, 0.3) is 0 Å². The van der Waals surface area contributed by atoms with Crippen LogP contribution in [-0.4, -0.2) is 29.6 Å². The summed E-state index contributed by atoms with van der Waals surface area (Å²) in [5.74, 6) is -0.207. The van der Waals surface area contributed by atoms with Crippen molar-refractivity contribution in [3.05, 3.63) is 0 Å². The summed E-state index contributed by atoms with van der Waals surface area (Å²) < 4.78 is 0. The minimum Gasteiger partial charge on any atom is -0.481 e. The molecule has 5 nitrogen and oxygen atoms in total. The van der Waals surface area contributed by atoms with Crippen LogP contribution in [0, 0.1) is 17.8 Å². The predicted octanol–water partition coefficient (Wildman–Crippen LogP) is 2.00. The normalized spacial score (nSPS) is 15.7. The molecule has 0 heterocycles. The highest BCUT2D eigenvalue weighted by atomic mass is 16.4. The third-order valence-corrected chi connectivity index (χ3v) is 3.52. The second-order valence-corrected chi connectivity index (χ2v) is 6.19. The molecule has 0 aliphatic heterocycles. The topological polar surface area (TPSA) is 92.4 Å². The molecule has 1 amide bonds. The van der Waals surface area contributed by atoms with Gasteiger partial charge in [-0.1, -0.05) is 34.1 Å². The van der Waals surface area contributed by atoms with Crippen LogP contribution in [-0.2, 0) is 9.59 Å². The first-order valence-electron chi connectivity index (χ1n) is 7.51. The third kappa shape index (κ3) is 8.91. The quantitative estimate of drug-likeness (QED) is 0.572. The summed E-state index contributed by atoms with van der Waals surface area (Å²) in [5.41, 5.74) is 5.80. The van der Waals surface area contributed by atoms with E-state index in [1.807, 2.05) is 13.8 Å². The molecule has 0 aromatic rings. The van der Waals surface area contributed by atoms with E-state index in [2.05, 4.69) is 19.2 Å². The van der Waals surface area contributed by atoms with E-state index >= 15 is 0 Å². The van der Waals surface area contributed by atoms with Crippen LogP contribution >= 0.6 is 0 Å². The Morgan fingerprint density at radius 3 is 2.25 bits per heavy atom. The van der Waals surface area contributed by atoms with Crippen molar-refractivity contribution in [1.29, 1.82) is 0 Å².